The Morgan fingerprint density at radius 1 is 1.16 bits per heavy atom. The van der Waals surface area contributed by atoms with Crippen molar-refractivity contribution in [3.63, 3.8) is 0 Å². The van der Waals surface area contributed by atoms with Gasteiger partial charge in [0.1, 0.15) is 5.69 Å². The topological polar surface area (TPSA) is 88.9 Å². The highest BCUT2D eigenvalue weighted by molar-refractivity contribution is 5.97. The summed E-state index contributed by atoms with van der Waals surface area (Å²) in [7, 11) is 0. The second kappa shape index (κ2) is 6.66. The number of pyridine rings is 1. The number of amides is 2. The van der Waals surface area contributed by atoms with E-state index in [9.17, 15) is 9.59 Å². The Kier molecular flexibility index (Phi) is 4.21. The van der Waals surface area contributed by atoms with Crippen molar-refractivity contribution in [2.75, 3.05) is 0 Å². The summed E-state index contributed by atoms with van der Waals surface area (Å²) in [5.74, 6) is -0.0255. The molecule has 130 valence electrons. The van der Waals surface area contributed by atoms with Crippen molar-refractivity contribution in [2.24, 2.45) is 0 Å². The molecule has 3 heterocycles. The highest BCUT2D eigenvalue weighted by Crippen LogP contribution is 2.23. The minimum Gasteiger partial charge on any atom is -0.347 e. The first-order valence-corrected chi connectivity index (χ1v) is 8.80. The van der Waals surface area contributed by atoms with Crippen molar-refractivity contribution in [3.8, 4) is 0 Å². The first-order valence-electron chi connectivity index (χ1n) is 8.80. The van der Waals surface area contributed by atoms with Gasteiger partial charge >= 0.3 is 0 Å². The molecule has 0 aromatic carbocycles. The van der Waals surface area contributed by atoms with Gasteiger partial charge in [-0.25, -0.2) is 4.98 Å². The zero-order valence-corrected chi connectivity index (χ0v) is 14.0. The minimum absolute atomic E-state index is 0.168. The van der Waals surface area contributed by atoms with Crippen LogP contribution in [-0.2, 0) is 19.5 Å². The third-order valence-corrected chi connectivity index (χ3v) is 4.65. The van der Waals surface area contributed by atoms with Crippen LogP contribution in [0, 0.1) is 0 Å². The van der Waals surface area contributed by atoms with Crippen molar-refractivity contribution < 1.29 is 9.59 Å². The maximum atomic E-state index is 12.6. The fourth-order valence-corrected chi connectivity index (χ4v) is 3.14. The van der Waals surface area contributed by atoms with Gasteiger partial charge in [0.2, 0.25) is 0 Å². The molecule has 2 aromatic rings. The van der Waals surface area contributed by atoms with E-state index in [1.54, 1.807) is 12.4 Å². The van der Waals surface area contributed by atoms with Crippen LogP contribution >= 0.6 is 0 Å². The molecule has 0 atom stereocenters. The molecule has 0 radical (unpaired) electrons. The van der Waals surface area contributed by atoms with E-state index < -0.39 is 0 Å². The molecule has 2 aromatic heterocycles. The molecule has 7 heteroatoms. The first kappa shape index (κ1) is 15.8. The third-order valence-electron chi connectivity index (χ3n) is 4.65. The Hall–Kier alpha value is -2.70. The molecule has 1 aliphatic carbocycles. The number of carbonyl (C=O) groups excluding carboxylic acids is 2. The van der Waals surface area contributed by atoms with Crippen molar-refractivity contribution in [3.05, 3.63) is 47.3 Å². The quantitative estimate of drug-likeness (QED) is 0.862. The van der Waals surface area contributed by atoms with Crippen LogP contribution in [0.2, 0.25) is 0 Å². The van der Waals surface area contributed by atoms with Crippen LogP contribution in [0.3, 0.4) is 0 Å². The van der Waals surface area contributed by atoms with Gasteiger partial charge < -0.3 is 15.2 Å². The number of hydrogen-bond donors (Lipinski definition) is 2. The number of aromatic nitrogens is 3. The number of hydrogen-bond acceptors (Lipinski definition) is 4. The van der Waals surface area contributed by atoms with E-state index in [1.165, 1.54) is 0 Å². The van der Waals surface area contributed by atoms with E-state index in [-0.39, 0.29) is 17.9 Å². The zero-order valence-electron chi connectivity index (χ0n) is 14.0. The van der Waals surface area contributed by atoms with Gasteiger partial charge in [-0.05, 0) is 49.8 Å². The number of nitrogens with one attached hydrogen (secondary N) is 2. The molecule has 25 heavy (non-hydrogen) atoms. The van der Waals surface area contributed by atoms with Crippen LogP contribution in [-0.4, -0.2) is 32.4 Å². The molecule has 2 aliphatic rings. The zero-order chi connectivity index (χ0) is 17.2. The fraction of sp³-hybridized carbons (Fsp3) is 0.444. The highest BCUT2D eigenvalue weighted by atomic mass is 16.2. The monoisotopic (exact) mass is 339 g/mol. The summed E-state index contributed by atoms with van der Waals surface area (Å²) >= 11 is 0. The lowest BCUT2D eigenvalue weighted by Gasteiger charge is -2.17. The van der Waals surface area contributed by atoms with Gasteiger partial charge in [0, 0.05) is 31.5 Å². The summed E-state index contributed by atoms with van der Waals surface area (Å²) in [6.45, 7) is 1.16. The number of carbonyl (C=O) groups is 2. The molecule has 0 spiro atoms. The standard InChI is InChI=1S/C18H21N5O2/c24-17(20-11-12-6-8-19-9-7-12)15-14-3-1-2-10-23(14)16(22-15)18(25)21-13-4-5-13/h6-9,13H,1-5,10-11H2,(H,20,24)(H,21,25). The van der Waals surface area contributed by atoms with Gasteiger partial charge in [-0.1, -0.05) is 0 Å². The van der Waals surface area contributed by atoms with E-state index in [2.05, 4.69) is 20.6 Å². The van der Waals surface area contributed by atoms with Crippen LogP contribution in [0.4, 0.5) is 0 Å². The summed E-state index contributed by atoms with van der Waals surface area (Å²) in [6, 6.07) is 3.99. The Bertz CT molecular complexity index is 795. The molecule has 1 fully saturated rings. The van der Waals surface area contributed by atoms with Gasteiger partial charge in [0.05, 0.1) is 5.69 Å². The summed E-state index contributed by atoms with van der Waals surface area (Å²) in [5.41, 5.74) is 2.23. The smallest absolute Gasteiger partial charge is 0.287 e. The maximum absolute atomic E-state index is 12.6. The second-order valence-corrected chi connectivity index (χ2v) is 6.63. The Balaban J connectivity index is 1.54. The lowest BCUT2D eigenvalue weighted by Crippen LogP contribution is -2.29. The molecule has 2 amide bonds. The van der Waals surface area contributed by atoms with Crippen LogP contribution < -0.4 is 10.6 Å². The Labute approximate surface area is 145 Å². The van der Waals surface area contributed by atoms with Gasteiger partial charge in [0.15, 0.2) is 5.82 Å². The molecule has 0 saturated heterocycles. The summed E-state index contributed by atoms with van der Waals surface area (Å²) in [5, 5.41) is 5.87. The number of imidazole rings is 1. The summed E-state index contributed by atoms with van der Waals surface area (Å²) < 4.78 is 1.92. The van der Waals surface area contributed by atoms with E-state index in [1.807, 2.05) is 16.7 Å². The van der Waals surface area contributed by atoms with Crippen molar-refractivity contribution in [1.29, 1.82) is 0 Å². The van der Waals surface area contributed by atoms with Crippen LogP contribution in [0.5, 0.6) is 0 Å². The lowest BCUT2D eigenvalue weighted by atomic mass is 10.1. The summed E-state index contributed by atoms with van der Waals surface area (Å²) in [4.78, 5) is 33.5. The molecule has 1 aliphatic heterocycles. The number of rotatable bonds is 5. The average molecular weight is 339 g/mol. The second-order valence-electron chi connectivity index (χ2n) is 6.63. The van der Waals surface area contributed by atoms with E-state index in [4.69, 9.17) is 0 Å². The lowest BCUT2D eigenvalue weighted by molar-refractivity contribution is 0.0935. The Morgan fingerprint density at radius 2 is 1.96 bits per heavy atom. The van der Waals surface area contributed by atoms with Crippen LogP contribution in [0.1, 0.15) is 58.0 Å². The molecule has 2 N–H and O–H groups in total. The number of nitrogens with zero attached hydrogens (tertiary/aromatic N) is 3. The summed E-state index contributed by atoms with van der Waals surface area (Å²) in [6.07, 6.45) is 8.24. The third kappa shape index (κ3) is 3.40. The highest BCUT2D eigenvalue weighted by Gasteiger charge is 2.30. The normalized spacial score (nSPS) is 16.2. The van der Waals surface area contributed by atoms with Crippen molar-refractivity contribution >= 4 is 11.8 Å². The van der Waals surface area contributed by atoms with Gasteiger partial charge in [0.25, 0.3) is 11.8 Å². The molecule has 7 nitrogen and oxygen atoms in total. The van der Waals surface area contributed by atoms with Crippen LogP contribution in [0.15, 0.2) is 24.5 Å². The van der Waals surface area contributed by atoms with E-state index >= 15 is 0 Å². The van der Waals surface area contributed by atoms with Gasteiger partial charge in [-0.2, -0.15) is 0 Å². The Morgan fingerprint density at radius 3 is 2.72 bits per heavy atom. The molecule has 4 rings (SSSR count). The predicted octanol–water partition coefficient (Wildman–Crippen LogP) is 1.44. The average Bonchev–Trinajstić information content (AvgIpc) is 3.37. The largest absolute Gasteiger partial charge is 0.347 e. The van der Waals surface area contributed by atoms with Crippen molar-refractivity contribution in [1.82, 2.24) is 25.2 Å². The van der Waals surface area contributed by atoms with Gasteiger partial charge in [-0.3, -0.25) is 14.6 Å². The molecular weight excluding hydrogens is 318 g/mol. The van der Waals surface area contributed by atoms with Gasteiger partial charge in [-0.15, -0.1) is 0 Å². The molecular formula is C18H21N5O2. The first-order chi connectivity index (χ1) is 12.2. The molecule has 1 saturated carbocycles. The van der Waals surface area contributed by atoms with E-state index in [0.29, 0.717) is 18.1 Å². The van der Waals surface area contributed by atoms with Crippen LogP contribution in [0.25, 0.3) is 0 Å². The number of fused-ring (bicyclic) bond motifs is 1. The van der Waals surface area contributed by atoms with Crippen molar-refractivity contribution in [2.45, 2.75) is 51.2 Å². The maximum Gasteiger partial charge on any atom is 0.287 e. The molecule has 0 unspecified atom stereocenters. The molecule has 0 bridgehead atoms. The van der Waals surface area contributed by atoms with E-state index in [0.717, 1.165) is 49.9 Å². The predicted molar refractivity (Wildman–Crippen MR) is 91.1 cm³/mol. The fourth-order valence-electron chi connectivity index (χ4n) is 3.14. The minimum atomic E-state index is -0.229. The SMILES string of the molecule is O=C(NCc1ccncc1)c1nc(C(=O)NC2CC2)n2c1CCCC2.